The fraction of sp³-hybridized carbons (Fsp3) is 0.333. The van der Waals surface area contributed by atoms with Crippen molar-refractivity contribution in [2.45, 2.75) is 45.3 Å². The average Bonchev–Trinajstić information content (AvgIpc) is 3.08. The summed E-state index contributed by atoms with van der Waals surface area (Å²) in [6, 6.07) is 15.9. The van der Waals surface area contributed by atoms with Gasteiger partial charge in [0.1, 0.15) is 0 Å². The Morgan fingerprint density at radius 3 is 2.10 bits per heavy atom. The van der Waals surface area contributed by atoms with E-state index < -0.39 is 29.6 Å². The predicted octanol–water partition coefficient (Wildman–Crippen LogP) is 4.88. The Bertz CT molecular complexity index is 1040. The molecule has 0 aliphatic carbocycles. The minimum atomic E-state index is -1.25. The number of fused-ring (bicyclic) bond motifs is 1. The van der Waals surface area contributed by atoms with E-state index in [-0.39, 0.29) is 0 Å². The Balaban J connectivity index is 1.86. The SMILES string of the molecule is CC(C)c1ccc([C@@H](c2c[nH]c3ccccc23)C2C(=O)OC(C)(C)OC2=O)cc1. The minimum absolute atomic E-state index is 0.390. The van der Waals surface area contributed by atoms with Gasteiger partial charge in [-0.25, -0.2) is 0 Å². The standard InChI is InChI=1S/C24H25NO4/c1-14(2)15-9-11-16(12-10-15)20(18-13-25-19-8-6-5-7-17(18)19)21-22(26)28-24(3,4)29-23(21)27/h5-14,20-21,25H,1-4H3/t20-/m0/s1. The summed E-state index contributed by atoms with van der Waals surface area (Å²) in [5.41, 5.74) is 3.89. The largest absolute Gasteiger partial charge is 0.422 e. The van der Waals surface area contributed by atoms with E-state index in [0.717, 1.165) is 22.0 Å². The molecule has 1 aromatic heterocycles. The third-order valence-corrected chi connectivity index (χ3v) is 5.45. The smallest absolute Gasteiger partial charge is 0.324 e. The van der Waals surface area contributed by atoms with E-state index >= 15 is 0 Å². The van der Waals surface area contributed by atoms with Crippen LogP contribution in [0, 0.1) is 5.92 Å². The van der Waals surface area contributed by atoms with E-state index in [9.17, 15) is 9.59 Å². The molecule has 1 atom stereocenters. The van der Waals surface area contributed by atoms with E-state index in [1.165, 1.54) is 5.56 Å². The van der Waals surface area contributed by atoms with Crippen LogP contribution in [0.1, 0.15) is 56.2 Å². The van der Waals surface area contributed by atoms with Crippen LogP contribution in [0.3, 0.4) is 0 Å². The van der Waals surface area contributed by atoms with Gasteiger partial charge in [-0.3, -0.25) is 9.59 Å². The number of para-hydroxylation sites is 1. The van der Waals surface area contributed by atoms with E-state index in [4.69, 9.17) is 9.47 Å². The molecule has 1 fully saturated rings. The lowest BCUT2D eigenvalue weighted by molar-refractivity contribution is -0.240. The molecule has 1 saturated heterocycles. The summed E-state index contributed by atoms with van der Waals surface area (Å²) in [7, 11) is 0. The van der Waals surface area contributed by atoms with Crippen molar-refractivity contribution < 1.29 is 19.1 Å². The second-order valence-corrected chi connectivity index (χ2v) is 8.31. The molecule has 0 bridgehead atoms. The van der Waals surface area contributed by atoms with Crippen LogP contribution >= 0.6 is 0 Å². The molecule has 0 amide bonds. The number of ether oxygens (including phenoxy) is 2. The van der Waals surface area contributed by atoms with Crippen LogP contribution in [0.25, 0.3) is 10.9 Å². The van der Waals surface area contributed by atoms with Crippen LogP contribution in [0.15, 0.2) is 54.7 Å². The van der Waals surface area contributed by atoms with Gasteiger partial charge in [-0.15, -0.1) is 0 Å². The van der Waals surface area contributed by atoms with Gasteiger partial charge in [0.15, 0.2) is 5.92 Å². The topological polar surface area (TPSA) is 68.4 Å². The monoisotopic (exact) mass is 391 g/mol. The summed E-state index contributed by atoms with van der Waals surface area (Å²) in [5, 5.41) is 0.968. The van der Waals surface area contributed by atoms with E-state index in [1.54, 1.807) is 13.8 Å². The zero-order chi connectivity index (χ0) is 20.8. The van der Waals surface area contributed by atoms with Crippen molar-refractivity contribution in [3.05, 3.63) is 71.4 Å². The van der Waals surface area contributed by atoms with Gasteiger partial charge in [0, 0.05) is 36.9 Å². The highest BCUT2D eigenvalue weighted by molar-refractivity contribution is 5.99. The number of aromatic amines is 1. The molecule has 0 spiro atoms. The van der Waals surface area contributed by atoms with Crippen molar-refractivity contribution in [2.24, 2.45) is 5.92 Å². The number of carbonyl (C=O) groups is 2. The van der Waals surface area contributed by atoms with Crippen LogP contribution in [-0.2, 0) is 19.1 Å². The normalized spacial score (nSPS) is 18.0. The van der Waals surface area contributed by atoms with Gasteiger partial charge in [0.25, 0.3) is 5.79 Å². The van der Waals surface area contributed by atoms with Gasteiger partial charge in [-0.1, -0.05) is 56.3 Å². The molecule has 2 aromatic carbocycles. The molecule has 2 heterocycles. The number of nitrogens with one attached hydrogen (secondary N) is 1. The lowest BCUT2D eigenvalue weighted by atomic mass is 9.79. The summed E-state index contributed by atoms with van der Waals surface area (Å²) in [6.07, 6.45) is 1.87. The van der Waals surface area contributed by atoms with Gasteiger partial charge in [-0.05, 0) is 28.7 Å². The maximum Gasteiger partial charge on any atom is 0.324 e. The maximum absolute atomic E-state index is 12.9. The fourth-order valence-electron chi connectivity index (χ4n) is 3.99. The average molecular weight is 391 g/mol. The van der Waals surface area contributed by atoms with E-state index in [1.807, 2.05) is 54.7 Å². The number of hydrogen-bond acceptors (Lipinski definition) is 4. The Morgan fingerprint density at radius 1 is 0.897 bits per heavy atom. The fourth-order valence-corrected chi connectivity index (χ4v) is 3.99. The molecule has 1 aliphatic heterocycles. The highest BCUT2D eigenvalue weighted by Crippen LogP contribution is 2.41. The van der Waals surface area contributed by atoms with Gasteiger partial charge in [0.2, 0.25) is 0 Å². The Hall–Kier alpha value is -3.08. The molecule has 5 nitrogen and oxygen atoms in total. The van der Waals surface area contributed by atoms with Crippen molar-refractivity contribution in [1.82, 2.24) is 4.98 Å². The number of rotatable bonds is 4. The first-order valence-electron chi connectivity index (χ1n) is 9.88. The number of cyclic esters (lactones) is 2. The van der Waals surface area contributed by atoms with Crippen LogP contribution < -0.4 is 0 Å². The number of carbonyl (C=O) groups excluding carboxylic acids is 2. The van der Waals surface area contributed by atoms with Crippen molar-refractivity contribution in [3.8, 4) is 0 Å². The highest BCUT2D eigenvalue weighted by Gasteiger charge is 2.48. The zero-order valence-corrected chi connectivity index (χ0v) is 17.1. The second kappa shape index (κ2) is 7.07. The second-order valence-electron chi connectivity index (χ2n) is 8.31. The number of hydrogen-bond donors (Lipinski definition) is 1. The lowest BCUT2D eigenvalue weighted by Crippen LogP contribution is -2.48. The summed E-state index contributed by atoms with van der Waals surface area (Å²) in [6.45, 7) is 7.39. The molecule has 1 N–H and O–H groups in total. The minimum Gasteiger partial charge on any atom is -0.422 e. The predicted molar refractivity (Wildman–Crippen MR) is 110 cm³/mol. The summed E-state index contributed by atoms with van der Waals surface area (Å²) in [4.78, 5) is 29.1. The Kier molecular flexibility index (Phi) is 4.69. The van der Waals surface area contributed by atoms with Crippen molar-refractivity contribution in [3.63, 3.8) is 0 Å². The molecule has 150 valence electrons. The van der Waals surface area contributed by atoms with Crippen molar-refractivity contribution in [1.29, 1.82) is 0 Å². The zero-order valence-electron chi connectivity index (χ0n) is 17.1. The lowest BCUT2D eigenvalue weighted by Gasteiger charge is -2.36. The first-order chi connectivity index (χ1) is 13.8. The number of benzene rings is 2. The first kappa shape index (κ1) is 19.2. The Labute approximate surface area is 170 Å². The van der Waals surface area contributed by atoms with Crippen molar-refractivity contribution in [2.75, 3.05) is 0 Å². The third-order valence-electron chi connectivity index (χ3n) is 5.45. The van der Waals surface area contributed by atoms with Gasteiger partial charge < -0.3 is 14.5 Å². The highest BCUT2D eigenvalue weighted by atomic mass is 16.7. The molecule has 0 unspecified atom stereocenters. The van der Waals surface area contributed by atoms with Crippen molar-refractivity contribution >= 4 is 22.8 Å². The van der Waals surface area contributed by atoms with Gasteiger partial charge >= 0.3 is 11.9 Å². The molecule has 0 saturated carbocycles. The molecule has 0 radical (unpaired) electrons. The maximum atomic E-state index is 12.9. The summed E-state index contributed by atoms with van der Waals surface area (Å²) >= 11 is 0. The quantitative estimate of drug-likeness (QED) is 0.509. The van der Waals surface area contributed by atoms with Crippen LogP contribution in [-0.4, -0.2) is 22.7 Å². The Morgan fingerprint density at radius 2 is 1.48 bits per heavy atom. The number of H-pyrrole nitrogens is 1. The molecule has 1 aliphatic rings. The van der Waals surface area contributed by atoms with E-state index in [0.29, 0.717) is 5.92 Å². The number of esters is 2. The van der Waals surface area contributed by atoms with Crippen LogP contribution in [0.5, 0.6) is 0 Å². The third kappa shape index (κ3) is 3.53. The summed E-state index contributed by atoms with van der Waals surface area (Å²) in [5.74, 6) is -3.56. The molecular weight excluding hydrogens is 366 g/mol. The molecule has 5 heteroatoms. The van der Waals surface area contributed by atoms with Crippen LogP contribution in [0.4, 0.5) is 0 Å². The molecular formula is C24H25NO4. The van der Waals surface area contributed by atoms with E-state index in [2.05, 4.69) is 18.8 Å². The van der Waals surface area contributed by atoms with Gasteiger partial charge in [0.05, 0.1) is 0 Å². The van der Waals surface area contributed by atoms with Crippen LogP contribution in [0.2, 0.25) is 0 Å². The molecule has 29 heavy (non-hydrogen) atoms. The first-order valence-corrected chi connectivity index (χ1v) is 9.88. The molecule has 4 rings (SSSR count). The molecule has 3 aromatic rings. The number of aromatic nitrogens is 1. The summed E-state index contributed by atoms with van der Waals surface area (Å²) < 4.78 is 10.9. The van der Waals surface area contributed by atoms with Gasteiger partial charge in [-0.2, -0.15) is 0 Å².